The van der Waals surface area contributed by atoms with E-state index in [0.29, 0.717) is 5.69 Å². The van der Waals surface area contributed by atoms with Gasteiger partial charge in [-0.3, -0.25) is 11.6 Å². The zero-order chi connectivity index (χ0) is 24.4. The number of benzene rings is 3. The van der Waals surface area contributed by atoms with Gasteiger partial charge in [-0.15, -0.1) is 5.41 Å². The SMILES string of the molecule is C[C@@H](OC(=O)Nc1c(Cl)nsc1-c1ccc(-c2ccc(C3([C-]=O)CC3)cc2)cc1)c1ccccc1.[Na+].[OH-]. The Morgan fingerprint density at radius 3 is 2.14 bits per heavy atom. The second-order valence-electron chi connectivity index (χ2n) is 8.60. The zero-order valence-corrected chi connectivity index (χ0v) is 24.0. The van der Waals surface area contributed by atoms with Gasteiger partial charge in [0, 0.05) is 0 Å². The Morgan fingerprint density at radius 1 is 1.00 bits per heavy atom. The summed E-state index contributed by atoms with van der Waals surface area (Å²) < 4.78 is 9.74. The molecule has 1 aliphatic carbocycles. The predicted molar refractivity (Wildman–Crippen MR) is 141 cm³/mol. The molecule has 2 N–H and O–H groups in total. The van der Waals surface area contributed by atoms with Gasteiger partial charge in [-0.1, -0.05) is 109 Å². The first-order chi connectivity index (χ1) is 17.0. The predicted octanol–water partition coefficient (Wildman–Crippen LogP) is 4.41. The summed E-state index contributed by atoms with van der Waals surface area (Å²) in [4.78, 5) is 24.6. The van der Waals surface area contributed by atoms with E-state index in [9.17, 15) is 9.59 Å². The molecular weight excluding hydrogens is 519 g/mol. The van der Waals surface area contributed by atoms with Crippen LogP contribution in [0.3, 0.4) is 0 Å². The van der Waals surface area contributed by atoms with E-state index in [1.54, 1.807) is 0 Å². The summed E-state index contributed by atoms with van der Waals surface area (Å²) in [5.41, 5.74) is 4.95. The maximum atomic E-state index is 12.6. The number of carbonyl (C=O) groups excluding carboxylic acids is 2. The molecule has 1 heterocycles. The van der Waals surface area contributed by atoms with Crippen molar-refractivity contribution in [2.45, 2.75) is 31.3 Å². The molecule has 37 heavy (non-hydrogen) atoms. The maximum absolute atomic E-state index is 12.6. The van der Waals surface area contributed by atoms with Crippen molar-refractivity contribution in [1.29, 1.82) is 0 Å². The van der Waals surface area contributed by atoms with Crippen LogP contribution in [-0.4, -0.2) is 22.2 Å². The number of anilines is 1. The number of hydrogen-bond acceptors (Lipinski definition) is 6. The molecule has 1 fully saturated rings. The summed E-state index contributed by atoms with van der Waals surface area (Å²) in [6.45, 7) is 1.82. The molecule has 184 valence electrons. The molecule has 0 radical (unpaired) electrons. The number of nitrogens with zero attached hydrogens (tertiary/aromatic N) is 1. The van der Waals surface area contributed by atoms with Crippen molar-refractivity contribution in [3.8, 4) is 21.6 Å². The van der Waals surface area contributed by atoms with Gasteiger partial charge in [-0.25, -0.2) is 4.79 Å². The average molecular weight is 542 g/mol. The summed E-state index contributed by atoms with van der Waals surface area (Å²) in [5.74, 6) is 0. The Labute approximate surface area is 246 Å². The van der Waals surface area contributed by atoms with Crippen LogP contribution in [0.25, 0.3) is 21.6 Å². The number of aromatic nitrogens is 1. The summed E-state index contributed by atoms with van der Waals surface area (Å²) in [6.07, 6.45) is 2.93. The maximum Gasteiger partial charge on any atom is 1.00 e. The fraction of sp³-hybridized carbons (Fsp3) is 0.179. The van der Waals surface area contributed by atoms with Crippen LogP contribution in [0, 0.1) is 0 Å². The smallest absolute Gasteiger partial charge is 0.870 e. The van der Waals surface area contributed by atoms with E-state index in [1.165, 1.54) is 11.5 Å². The normalized spacial score (nSPS) is 13.9. The molecule has 0 bridgehead atoms. The largest absolute Gasteiger partial charge is 1.00 e. The monoisotopic (exact) mass is 541 g/mol. The minimum absolute atomic E-state index is 0. The number of hydrogen-bond donors (Lipinski definition) is 1. The van der Waals surface area contributed by atoms with Crippen LogP contribution in [0.1, 0.15) is 37.0 Å². The first-order valence-corrected chi connectivity index (χ1v) is 12.4. The summed E-state index contributed by atoms with van der Waals surface area (Å²) >= 11 is 7.50. The van der Waals surface area contributed by atoms with Gasteiger partial charge in [0.2, 0.25) is 0 Å². The molecule has 1 amide bonds. The van der Waals surface area contributed by atoms with Gasteiger partial charge in [-0.05, 0) is 40.7 Å². The first-order valence-electron chi connectivity index (χ1n) is 11.3. The second kappa shape index (κ2) is 12.3. The van der Waals surface area contributed by atoms with Crippen LogP contribution < -0.4 is 34.9 Å². The standard InChI is InChI=1S/C28H22ClN2O3S.Na.H2O/c1-18(19-5-3-2-4-6-19)34-27(33)30-24-25(35-31-26(24)29)22-9-7-20(8-10-22)21-11-13-23(14-12-21)28(17-32)15-16-28;;/h2-14,18H,15-16H2,1H3,(H,30,33);;1H2/q-1;+1;/p-1/t18-;;/m1../s1. The van der Waals surface area contributed by atoms with E-state index < -0.39 is 17.6 Å². The van der Waals surface area contributed by atoms with Crippen molar-refractivity contribution < 1.29 is 49.4 Å². The van der Waals surface area contributed by atoms with Gasteiger partial charge >= 0.3 is 35.7 Å². The molecule has 1 atom stereocenters. The molecule has 0 saturated heterocycles. The number of halogens is 1. The van der Waals surface area contributed by atoms with Gasteiger partial charge in [-0.2, -0.15) is 4.37 Å². The minimum Gasteiger partial charge on any atom is -0.870 e. The van der Waals surface area contributed by atoms with E-state index in [0.717, 1.165) is 45.5 Å². The van der Waals surface area contributed by atoms with Crippen molar-refractivity contribution in [2.75, 3.05) is 5.32 Å². The number of nitrogens with one attached hydrogen (secondary N) is 1. The quantitative estimate of drug-likeness (QED) is 0.276. The van der Waals surface area contributed by atoms with Crippen molar-refractivity contribution in [3.63, 3.8) is 0 Å². The Kier molecular flexibility index (Phi) is 9.69. The Balaban J connectivity index is 0.00000190. The number of carbonyl (C=O) groups is 1. The van der Waals surface area contributed by atoms with E-state index in [-0.39, 0.29) is 40.2 Å². The molecule has 9 heteroatoms. The van der Waals surface area contributed by atoms with Crippen LogP contribution in [0.5, 0.6) is 0 Å². The van der Waals surface area contributed by atoms with Gasteiger partial charge in [0.1, 0.15) is 11.8 Å². The molecule has 1 aliphatic rings. The molecule has 1 aromatic heterocycles. The Hall–Kier alpha value is -2.52. The Bertz CT molecular complexity index is 1360. The fourth-order valence-electron chi connectivity index (χ4n) is 4.03. The minimum atomic E-state index is -0.595. The third-order valence-corrected chi connectivity index (χ3v) is 7.56. The molecule has 1 saturated carbocycles. The van der Waals surface area contributed by atoms with E-state index >= 15 is 0 Å². The van der Waals surface area contributed by atoms with Gasteiger partial charge in [0.05, 0.1) is 4.88 Å². The molecule has 0 aliphatic heterocycles. The van der Waals surface area contributed by atoms with Crippen LogP contribution in [0.15, 0.2) is 78.9 Å². The Morgan fingerprint density at radius 2 is 1.57 bits per heavy atom. The van der Waals surface area contributed by atoms with E-state index in [2.05, 4.69) is 16.0 Å². The van der Waals surface area contributed by atoms with Crippen molar-refractivity contribution in [2.24, 2.45) is 0 Å². The summed E-state index contributed by atoms with van der Waals surface area (Å²) in [5, 5.41) is 2.98. The summed E-state index contributed by atoms with van der Waals surface area (Å²) in [7, 11) is 0. The zero-order valence-electron chi connectivity index (χ0n) is 20.4. The van der Waals surface area contributed by atoms with Crippen molar-refractivity contribution >= 4 is 41.2 Å². The molecule has 5 rings (SSSR count). The van der Waals surface area contributed by atoms with Gasteiger partial charge < -0.3 is 15.0 Å². The first kappa shape index (κ1) is 29.0. The molecule has 4 aromatic rings. The number of rotatable bonds is 7. The van der Waals surface area contributed by atoms with Crippen LogP contribution in [0.4, 0.5) is 10.5 Å². The van der Waals surface area contributed by atoms with Crippen LogP contribution in [-0.2, 0) is 14.9 Å². The topological polar surface area (TPSA) is 98.3 Å². The molecular formula is C28H23ClN2NaO4S-. The number of amides is 1. The van der Waals surface area contributed by atoms with E-state index in [1.807, 2.05) is 85.8 Å². The molecule has 0 unspecified atom stereocenters. The fourth-order valence-corrected chi connectivity index (χ4v) is 5.08. The molecule has 6 nitrogen and oxygen atoms in total. The van der Waals surface area contributed by atoms with Crippen LogP contribution in [0.2, 0.25) is 5.15 Å². The molecule has 0 spiro atoms. The molecule has 3 aromatic carbocycles. The second-order valence-corrected chi connectivity index (χ2v) is 9.73. The van der Waals surface area contributed by atoms with Gasteiger partial charge in [0.25, 0.3) is 0 Å². The van der Waals surface area contributed by atoms with Gasteiger partial charge in [0.15, 0.2) is 5.15 Å². The van der Waals surface area contributed by atoms with Crippen molar-refractivity contribution in [3.05, 3.63) is 95.1 Å². The third-order valence-electron chi connectivity index (χ3n) is 6.29. The third kappa shape index (κ3) is 6.32. The van der Waals surface area contributed by atoms with Crippen molar-refractivity contribution in [1.82, 2.24) is 4.37 Å². The number of ether oxygens (including phenoxy) is 1. The van der Waals surface area contributed by atoms with Crippen LogP contribution >= 0.6 is 23.1 Å². The average Bonchev–Trinajstić information content (AvgIpc) is 3.62. The summed E-state index contributed by atoms with van der Waals surface area (Å²) in [6, 6.07) is 25.6. The van der Waals surface area contributed by atoms with E-state index in [4.69, 9.17) is 16.3 Å².